The number of alkyl halides is 1. The molecule has 0 bridgehead atoms. The fraction of sp³-hybridized carbons (Fsp3) is 0.375. The van der Waals surface area contributed by atoms with Crippen molar-refractivity contribution in [2.75, 3.05) is 14.2 Å². The molecule has 1 heterocycles. The maximum atomic E-state index is 6.66. The van der Waals surface area contributed by atoms with Crippen LogP contribution in [-0.4, -0.2) is 14.2 Å². The standard InChI is InChI=1S/C16H19ClO2S/c1-9-7-15(20-11(9)3)16(17)12-8-14(19-5)13(18-4)6-10(12)2/h6-8,16H,1-5H3. The van der Waals surface area contributed by atoms with Gasteiger partial charge < -0.3 is 9.47 Å². The number of aryl methyl sites for hydroxylation is 3. The van der Waals surface area contributed by atoms with Crippen molar-refractivity contribution >= 4 is 22.9 Å². The monoisotopic (exact) mass is 310 g/mol. The van der Waals surface area contributed by atoms with Crippen LogP contribution in [0.2, 0.25) is 0 Å². The second kappa shape index (κ2) is 6.06. The Bertz CT molecular complexity index is 600. The van der Waals surface area contributed by atoms with Crippen LogP contribution < -0.4 is 9.47 Å². The topological polar surface area (TPSA) is 18.5 Å². The highest BCUT2D eigenvalue weighted by molar-refractivity contribution is 7.12. The molecule has 0 spiro atoms. The van der Waals surface area contributed by atoms with Crippen molar-refractivity contribution in [1.29, 1.82) is 0 Å². The van der Waals surface area contributed by atoms with Crippen molar-refractivity contribution in [3.63, 3.8) is 0 Å². The lowest BCUT2D eigenvalue weighted by molar-refractivity contribution is 0.354. The lowest BCUT2D eigenvalue weighted by Gasteiger charge is -2.15. The zero-order valence-corrected chi connectivity index (χ0v) is 14.0. The zero-order valence-electron chi connectivity index (χ0n) is 12.4. The maximum Gasteiger partial charge on any atom is 0.161 e. The summed E-state index contributed by atoms with van der Waals surface area (Å²) < 4.78 is 10.7. The minimum Gasteiger partial charge on any atom is -0.493 e. The number of thiophene rings is 1. The lowest BCUT2D eigenvalue weighted by atomic mass is 10.0. The summed E-state index contributed by atoms with van der Waals surface area (Å²) in [6, 6.07) is 6.10. The van der Waals surface area contributed by atoms with Gasteiger partial charge in [0.1, 0.15) is 0 Å². The second-order valence-electron chi connectivity index (χ2n) is 4.81. The Morgan fingerprint density at radius 1 is 0.950 bits per heavy atom. The number of rotatable bonds is 4. The van der Waals surface area contributed by atoms with E-state index in [1.54, 1.807) is 25.6 Å². The predicted molar refractivity (Wildman–Crippen MR) is 85.8 cm³/mol. The highest BCUT2D eigenvalue weighted by atomic mass is 35.5. The van der Waals surface area contributed by atoms with Crippen LogP contribution in [0.5, 0.6) is 11.5 Å². The van der Waals surface area contributed by atoms with Gasteiger partial charge in [-0.15, -0.1) is 22.9 Å². The molecule has 20 heavy (non-hydrogen) atoms. The minimum absolute atomic E-state index is 0.160. The Labute approximate surface area is 129 Å². The minimum atomic E-state index is -0.160. The highest BCUT2D eigenvalue weighted by Gasteiger charge is 2.19. The maximum absolute atomic E-state index is 6.66. The molecule has 2 rings (SSSR count). The van der Waals surface area contributed by atoms with E-state index in [1.807, 2.05) is 19.1 Å². The summed E-state index contributed by atoms with van der Waals surface area (Å²) in [6.45, 7) is 6.27. The molecular formula is C16H19ClO2S. The lowest BCUT2D eigenvalue weighted by Crippen LogP contribution is -1.98. The summed E-state index contributed by atoms with van der Waals surface area (Å²) in [4.78, 5) is 2.47. The first-order valence-electron chi connectivity index (χ1n) is 6.41. The van der Waals surface area contributed by atoms with Crippen molar-refractivity contribution in [2.45, 2.75) is 26.1 Å². The van der Waals surface area contributed by atoms with Gasteiger partial charge in [-0.05, 0) is 55.7 Å². The van der Waals surface area contributed by atoms with Crippen LogP contribution in [0, 0.1) is 20.8 Å². The van der Waals surface area contributed by atoms with E-state index in [0.29, 0.717) is 5.75 Å². The molecule has 0 N–H and O–H groups in total. The third-order valence-electron chi connectivity index (χ3n) is 3.48. The number of ether oxygens (including phenoxy) is 2. The van der Waals surface area contributed by atoms with Gasteiger partial charge in [0.25, 0.3) is 0 Å². The Hall–Kier alpha value is -1.19. The SMILES string of the molecule is COc1cc(C)c(C(Cl)c2cc(C)c(C)s2)cc1OC. The Kier molecular flexibility index (Phi) is 4.61. The van der Waals surface area contributed by atoms with Crippen molar-refractivity contribution in [3.8, 4) is 11.5 Å². The van der Waals surface area contributed by atoms with Crippen LogP contribution in [0.15, 0.2) is 18.2 Å². The van der Waals surface area contributed by atoms with Crippen molar-refractivity contribution in [1.82, 2.24) is 0 Å². The van der Waals surface area contributed by atoms with E-state index in [2.05, 4.69) is 19.9 Å². The first-order chi connectivity index (χ1) is 9.47. The van der Waals surface area contributed by atoms with E-state index in [-0.39, 0.29) is 5.38 Å². The van der Waals surface area contributed by atoms with E-state index in [1.165, 1.54) is 10.4 Å². The summed E-state index contributed by atoms with van der Waals surface area (Å²) in [5, 5.41) is -0.160. The largest absolute Gasteiger partial charge is 0.493 e. The molecule has 1 atom stereocenters. The third kappa shape index (κ3) is 2.79. The van der Waals surface area contributed by atoms with Crippen LogP contribution in [0.3, 0.4) is 0 Å². The van der Waals surface area contributed by atoms with Gasteiger partial charge in [-0.25, -0.2) is 0 Å². The first kappa shape index (κ1) is 15.2. The highest BCUT2D eigenvalue weighted by Crippen LogP contribution is 2.40. The molecule has 2 nitrogen and oxygen atoms in total. The molecule has 0 aliphatic carbocycles. The molecule has 4 heteroatoms. The number of halogens is 1. The van der Waals surface area contributed by atoms with Crippen LogP contribution >= 0.6 is 22.9 Å². The van der Waals surface area contributed by atoms with Gasteiger partial charge in [0.15, 0.2) is 11.5 Å². The zero-order chi connectivity index (χ0) is 14.9. The molecule has 1 unspecified atom stereocenters. The predicted octanol–water partition coefficient (Wildman–Crippen LogP) is 5.02. The molecule has 0 radical (unpaired) electrons. The van der Waals surface area contributed by atoms with Crippen LogP contribution in [-0.2, 0) is 0 Å². The number of methoxy groups -OCH3 is 2. The van der Waals surface area contributed by atoms with Crippen molar-refractivity contribution in [2.24, 2.45) is 0 Å². The van der Waals surface area contributed by atoms with E-state index < -0.39 is 0 Å². The van der Waals surface area contributed by atoms with Crippen LogP contribution in [0.25, 0.3) is 0 Å². The number of benzene rings is 1. The van der Waals surface area contributed by atoms with E-state index in [9.17, 15) is 0 Å². The van der Waals surface area contributed by atoms with Gasteiger partial charge >= 0.3 is 0 Å². The molecule has 1 aromatic carbocycles. The molecule has 0 aliphatic heterocycles. The van der Waals surface area contributed by atoms with Crippen molar-refractivity contribution in [3.05, 3.63) is 44.6 Å². The van der Waals surface area contributed by atoms with Gasteiger partial charge in [0, 0.05) is 9.75 Å². The number of hydrogen-bond acceptors (Lipinski definition) is 3. The molecule has 0 fully saturated rings. The van der Waals surface area contributed by atoms with Gasteiger partial charge in [0.2, 0.25) is 0 Å². The fourth-order valence-corrected chi connectivity index (χ4v) is 3.62. The van der Waals surface area contributed by atoms with Crippen molar-refractivity contribution < 1.29 is 9.47 Å². The average molecular weight is 311 g/mol. The second-order valence-corrected chi connectivity index (χ2v) is 6.54. The van der Waals surface area contributed by atoms with Gasteiger partial charge in [-0.2, -0.15) is 0 Å². The molecule has 0 amide bonds. The molecular weight excluding hydrogens is 292 g/mol. The first-order valence-corrected chi connectivity index (χ1v) is 7.66. The summed E-state index contributed by atoms with van der Waals surface area (Å²) in [5.74, 6) is 1.44. The average Bonchev–Trinajstić information content (AvgIpc) is 2.77. The Morgan fingerprint density at radius 2 is 1.55 bits per heavy atom. The van der Waals surface area contributed by atoms with Gasteiger partial charge in [-0.3, -0.25) is 0 Å². The Morgan fingerprint density at radius 3 is 2.05 bits per heavy atom. The van der Waals surface area contributed by atoms with Crippen LogP contribution in [0.4, 0.5) is 0 Å². The molecule has 1 aromatic heterocycles. The summed E-state index contributed by atoms with van der Waals surface area (Å²) in [5.41, 5.74) is 3.45. The Balaban J connectivity index is 2.46. The molecule has 108 valence electrons. The van der Waals surface area contributed by atoms with Gasteiger partial charge in [0.05, 0.1) is 19.6 Å². The van der Waals surface area contributed by atoms with E-state index in [0.717, 1.165) is 21.8 Å². The third-order valence-corrected chi connectivity index (χ3v) is 5.30. The summed E-state index contributed by atoms with van der Waals surface area (Å²) >= 11 is 8.41. The molecule has 0 aliphatic rings. The van der Waals surface area contributed by atoms with E-state index in [4.69, 9.17) is 21.1 Å². The quantitative estimate of drug-likeness (QED) is 0.738. The fourth-order valence-electron chi connectivity index (χ4n) is 2.15. The van der Waals surface area contributed by atoms with Gasteiger partial charge in [-0.1, -0.05) is 0 Å². The number of hydrogen-bond donors (Lipinski definition) is 0. The molecule has 0 saturated carbocycles. The van der Waals surface area contributed by atoms with Crippen LogP contribution in [0.1, 0.15) is 31.8 Å². The molecule has 2 aromatic rings. The van der Waals surface area contributed by atoms with E-state index >= 15 is 0 Å². The normalized spacial score (nSPS) is 12.3. The smallest absolute Gasteiger partial charge is 0.161 e. The molecule has 0 saturated heterocycles. The summed E-state index contributed by atoms with van der Waals surface area (Å²) in [7, 11) is 3.28. The summed E-state index contributed by atoms with van der Waals surface area (Å²) in [6.07, 6.45) is 0.